The molecule has 3 N–H and O–H groups in total. The predicted molar refractivity (Wildman–Crippen MR) is 87.5 cm³/mol. The Morgan fingerprint density at radius 2 is 2.04 bits per heavy atom. The predicted octanol–water partition coefficient (Wildman–Crippen LogP) is 2.96. The maximum absolute atomic E-state index is 14.1. The van der Waals surface area contributed by atoms with Crippen LogP contribution in [-0.2, 0) is 4.74 Å². The molecular weight excluding hydrogens is 331 g/mol. The van der Waals surface area contributed by atoms with E-state index in [0.717, 1.165) is 19.4 Å². The molecule has 1 aliphatic heterocycles. The van der Waals surface area contributed by atoms with Crippen molar-refractivity contribution in [3.63, 3.8) is 0 Å². The van der Waals surface area contributed by atoms with Gasteiger partial charge in [-0.1, -0.05) is 0 Å². The number of hydrogen-bond acceptors (Lipinski definition) is 5. The smallest absolute Gasteiger partial charge is 0.371 e. The van der Waals surface area contributed by atoms with Crippen molar-refractivity contribution in [3.05, 3.63) is 47.7 Å². The summed E-state index contributed by atoms with van der Waals surface area (Å²) in [7, 11) is 0. The number of nitrogens with one attached hydrogen (secondary N) is 2. The molecule has 132 valence electrons. The van der Waals surface area contributed by atoms with Crippen molar-refractivity contribution in [3.8, 4) is 0 Å². The highest BCUT2D eigenvalue weighted by molar-refractivity contribution is 6.03. The number of amides is 1. The summed E-state index contributed by atoms with van der Waals surface area (Å²) in [5.41, 5.74) is 0.554. The molecule has 1 unspecified atom stereocenters. The van der Waals surface area contributed by atoms with E-state index >= 15 is 0 Å². The van der Waals surface area contributed by atoms with E-state index < -0.39 is 17.7 Å². The molecule has 25 heavy (non-hydrogen) atoms. The van der Waals surface area contributed by atoms with Gasteiger partial charge in [0.05, 0.1) is 11.8 Å². The molecule has 1 aromatic heterocycles. The standard InChI is InChI=1S/C17H17FN2O5/c18-12-8-10(3-4-13(12)19-9-11-2-1-7-24-11)20-16(21)14-5-6-15(25-14)17(22)23/h3-6,8,11,19H,1-2,7,9H2,(H,20,21)(H,22,23). The largest absolute Gasteiger partial charge is 0.475 e. The third-order valence-electron chi connectivity index (χ3n) is 3.81. The summed E-state index contributed by atoms with van der Waals surface area (Å²) in [6, 6.07) is 6.66. The van der Waals surface area contributed by atoms with Gasteiger partial charge in [0.1, 0.15) is 5.82 Å². The molecule has 7 nitrogen and oxygen atoms in total. The monoisotopic (exact) mass is 348 g/mol. The average Bonchev–Trinajstić information content (AvgIpc) is 3.26. The Labute approximate surface area is 142 Å². The molecule has 2 aromatic rings. The summed E-state index contributed by atoms with van der Waals surface area (Å²) in [4.78, 5) is 22.7. The maximum Gasteiger partial charge on any atom is 0.371 e. The van der Waals surface area contributed by atoms with E-state index in [1.165, 1.54) is 24.3 Å². The number of carboxylic acid groups (broad SMARTS) is 1. The van der Waals surface area contributed by atoms with Crippen LogP contribution in [0.1, 0.15) is 34.0 Å². The minimum Gasteiger partial charge on any atom is -0.475 e. The number of rotatable bonds is 6. The third-order valence-corrected chi connectivity index (χ3v) is 3.81. The number of carboxylic acids is 1. The fourth-order valence-corrected chi connectivity index (χ4v) is 2.53. The zero-order chi connectivity index (χ0) is 17.8. The van der Waals surface area contributed by atoms with Crippen molar-refractivity contribution in [2.24, 2.45) is 0 Å². The molecule has 0 aliphatic carbocycles. The summed E-state index contributed by atoms with van der Waals surface area (Å²) < 4.78 is 24.5. The molecular formula is C17H17FN2O5. The highest BCUT2D eigenvalue weighted by atomic mass is 19.1. The molecule has 3 rings (SSSR count). The Hall–Kier alpha value is -2.87. The first-order valence-corrected chi connectivity index (χ1v) is 7.82. The van der Waals surface area contributed by atoms with Crippen LogP contribution in [0.25, 0.3) is 0 Å². The van der Waals surface area contributed by atoms with Gasteiger partial charge in [-0.05, 0) is 43.2 Å². The number of benzene rings is 1. The summed E-state index contributed by atoms with van der Waals surface area (Å²) in [6.07, 6.45) is 2.04. The van der Waals surface area contributed by atoms with Crippen LogP contribution in [0.2, 0.25) is 0 Å². The van der Waals surface area contributed by atoms with E-state index in [1.54, 1.807) is 6.07 Å². The molecule has 1 amide bonds. The number of ether oxygens (including phenoxy) is 1. The second-order valence-corrected chi connectivity index (χ2v) is 5.63. The molecule has 2 heterocycles. The van der Waals surface area contributed by atoms with Gasteiger partial charge < -0.3 is 24.9 Å². The SMILES string of the molecule is O=C(O)c1ccc(C(=O)Nc2ccc(NCC3CCCO3)c(F)c2)o1. The van der Waals surface area contributed by atoms with Crippen LogP contribution < -0.4 is 10.6 Å². The van der Waals surface area contributed by atoms with Crippen molar-refractivity contribution in [2.75, 3.05) is 23.8 Å². The summed E-state index contributed by atoms with van der Waals surface area (Å²) in [5.74, 6) is -2.96. The molecule has 1 atom stereocenters. The van der Waals surface area contributed by atoms with Crippen LogP contribution in [0, 0.1) is 5.82 Å². The number of anilines is 2. The highest BCUT2D eigenvalue weighted by Gasteiger charge is 2.17. The average molecular weight is 348 g/mol. The van der Waals surface area contributed by atoms with Crippen LogP contribution in [0.3, 0.4) is 0 Å². The summed E-state index contributed by atoms with van der Waals surface area (Å²) in [6.45, 7) is 1.25. The number of carbonyl (C=O) groups excluding carboxylic acids is 1. The number of halogens is 1. The topological polar surface area (TPSA) is 101 Å². The van der Waals surface area contributed by atoms with Crippen LogP contribution in [0.5, 0.6) is 0 Å². The lowest BCUT2D eigenvalue weighted by Gasteiger charge is -2.13. The number of hydrogen-bond donors (Lipinski definition) is 3. The van der Waals surface area contributed by atoms with Gasteiger partial charge in [-0.15, -0.1) is 0 Å². The first kappa shape index (κ1) is 17.0. The van der Waals surface area contributed by atoms with Crippen molar-refractivity contribution < 1.29 is 28.2 Å². The highest BCUT2D eigenvalue weighted by Crippen LogP contribution is 2.21. The number of aromatic carboxylic acids is 1. The van der Waals surface area contributed by atoms with Crippen LogP contribution in [0.4, 0.5) is 15.8 Å². The quantitative estimate of drug-likeness (QED) is 0.742. The van der Waals surface area contributed by atoms with Gasteiger partial charge in [0, 0.05) is 18.8 Å². The lowest BCUT2D eigenvalue weighted by Crippen LogP contribution is -2.19. The van der Waals surface area contributed by atoms with Crippen LogP contribution in [0.15, 0.2) is 34.7 Å². The normalized spacial score (nSPS) is 16.6. The zero-order valence-electron chi connectivity index (χ0n) is 13.3. The Bertz CT molecular complexity index is 783. The Kier molecular flexibility index (Phi) is 4.99. The third kappa shape index (κ3) is 4.16. The van der Waals surface area contributed by atoms with Gasteiger partial charge in [-0.3, -0.25) is 4.79 Å². The maximum atomic E-state index is 14.1. The molecule has 1 aliphatic rings. The van der Waals surface area contributed by atoms with Crippen molar-refractivity contribution in [2.45, 2.75) is 18.9 Å². The van der Waals surface area contributed by atoms with Gasteiger partial charge in [0.2, 0.25) is 5.76 Å². The van der Waals surface area contributed by atoms with Gasteiger partial charge in [0.25, 0.3) is 5.91 Å². The Morgan fingerprint density at radius 3 is 2.68 bits per heavy atom. The first-order chi connectivity index (χ1) is 12.0. The molecule has 0 bridgehead atoms. The molecule has 0 saturated carbocycles. The fraction of sp³-hybridized carbons (Fsp3) is 0.294. The van der Waals surface area contributed by atoms with Crippen molar-refractivity contribution in [1.82, 2.24) is 0 Å². The number of furan rings is 1. The van der Waals surface area contributed by atoms with Gasteiger partial charge in [-0.25, -0.2) is 9.18 Å². The fourth-order valence-electron chi connectivity index (χ4n) is 2.53. The molecule has 1 saturated heterocycles. The lowest BCUT2D eigenvalue weighted by molar-refractivity contribution is 0.0660. The number of carbonyl (C=O) groups is 2. The first-order valence-electron chi connectivity index (χ1n) is 7.82. The van der Waals surface area contributed by atoms with Gasteiger partial charge in [-0.2, -0.15) is 0 Å². The van der Waals surface area contributed by atoms with E-state index in [4.69, 9.17) is 14.3 Å². The van der Waals surface area contributed by atoms with Crippen LogP contribution in [-0.4, -0.2) is 36.2 Å². The van der Waals surface area contributed by atoms with Crippen molar-refractivity contribution >= 4 is 23.3 Å². The lowest BCUT2D eigenvalue weighted by atomic mass is 10.2. The Morgan fingerprint density at radius 1 is 1.24 bits per heavy atom. The molecule has 0 spiro atoms. The van der Waals surface area contributed by atoms with E-state index in [1.807, 2.05) is 0 Å². The molecule has 0 radical (unpaired) electrons. The molecule has 1 fully saturated rings. The molecule has 8 heteroatoms. The Balaban J connectivity index is 1.61. The van der Waals surface area contributed by atoms with E-state index in [-0.39, 0.29) is 23.3 Å². The van der Waals surface area contributed by atoms with Crippen molar-refractivity contribution in [1.29, 1.82) is 0 Å². The second kappa shape index (κ2) is 7.35. The van der Waals surface area contributed by atoms with E-state index in [0.29, 0.717) is 12.2 Å². The van der Waals surface area contributed by atoms with Gasteiger partial charge >= 0.3 is 5.97 Å². The van der Waals surface area contributed by atoms with Gasteiger partial charge in [0.15, 0.2) is 5.76 Å². The summed E-state index contributed by atoms with van der Waals surface area (Å²) in [5, 5.41) is 14.2. The molecule has 1 aromatic carbocycles. The minimum absolute atomic E-state index is 0.0844. The summed E-state index contributed by atoms with van der Waals surface area (Å²) >= 11 is 0. The minimum atomic E-state index is -1.27. The van der Waals surface area contributed by atoms with E-state index in [9.17, 15) is 14.0 Å². The zero-order valence-corrected chi connectivity index (χ0v) is 13.3. The van der Waals surface area contributed by atoms with E-state index in [2.05, 4.69) is 10.6 Å². The van der Waals surface area contributed by atoms with Crippen LogP contribution >= 0.6 is 0 Å². The second-order valence-electron chi connectivity index (χ2n) is 5.63.